The van der Waals surface area contributed by atoms with Crippen molar-refractivity contribution >= 4 is 35.8 Å². The van der Waals surface area contributed by atoms with Crippen molar-refractivity contribution in [3.8, 4) is 0 Å². The van der Waals surface area contributed by atoms with E-state index in [4.69, 9.17) is 4.99 Å². The molecule has 3 aliphatic heterocycles. The van der Waals surface area contributed by atoms with Gasteiger partial charge in [0.25, 0.3) is 0 Å². The van der Waals surface area contributed by atoms with Crippen molar-refractivity contribution in [2.24, 2.45) is 4.99 Å². The Bertz CT molecular complexity index is 1460. The predicted octanol–water partition coefficient (Wildman–Crippen LogP) is 4.92. The van der Waals surface area contributed by atoms with Gasteiger partial charge in [-0.3, -0.25) is 4.79 Å². The van der Waals surface area contributed by atoms with E-state index in [-0.39, 0.29) is 17.5 Å². The van der Waals surface area contributed by atoms with E-state index in [9.17, 15) is 9.90 Å². The first-order valence-electron chi connectivity index (χ1n) is 15.1. The lowest BCUT2D eigenvalue weighted by molar-refractivity contribution is -0.137. The molecule has 0 aliphatic carbocycles. The van der Waals surface area contributed by atoms with E-state index in [1.165, 1.54) is 32.5 Å². The van der Waals surface area contributed by atoms with Crippen LogP contribution in [0, 0.1) is 0 Å². The van der Waals surface area contributed by atoms with Gasteiger partial charge in [-0.1, -0.05) is 20.4 Å². The second kappa shape index (κ2) is 9.57. The van der Waals surface area contributed by atoms with Crippen LogP contribution in [0.25, 0.3) is 0 Å². The van der Waals surface area contributed by atoms with Gasteiger partial charge in [0, 0.05) is 42.2 Å². The Morgan fingerprint density at radius 2 is 1.74 bits per heavy atom. The summed E-state index contributed by atoms with van der Waals surface area (Å²) in [4.78, 5) is 19.6. The highest BCUT2D eigenvalue weighted by atomic mass is 28.3. The highest BCUT2D eigenvalue weighted by molar-refractivity contribution is 7.02. The number of anilines is 1. The minimum Gasteiger partial charge on any atom is -0.481 e. The van der Waals surface area contributed by atoms with Crippen molar-refractivity contribution in [2.75, 3.05) is 18.0 Å². The molecule has 0 radical (unpaired) electrons. The van der Waals surface area contributed by atoms with Crippen LogP contribution in [0.3, 0.4) is 0 Å². The molecule has 0 fully saturated rings. The quantitative estimate of drug-likeness (QED) is 0.413. The monoisotopic (exact) mass is 546 g/mol. The summed E-state index contributed by atoms with van der Waals surface area (Å²) in [5.41, 5.74) is 5.51. The van der Waals surface area contributed by atoms with Crippen LogP contribution in [-0.4, -0.2) is 43.3 Å². The fraction of sp³-hybridized carbons (Fsp3) is 0.606. The largest absolute Gasteiger partial charge is 0.481 e. The number of carbonyl (C=O) groups is 1. The Hall–Kier alpha value is -2.47. The SMILES string of the molecule is CCN1c2cc3c(cc2C(C)CC1(C)C)N=c1cc2c(cc1[Si]3(C)CCCC(=O)O)=[N+](CC)C(C)(C)CC2C. The molecule has 2 aromatic carbocycles. The summed E-state index contributed by atoms with van der Waals surface area (Å²) in [7, 11) is -2.30. The summed E-state index contributed by atoms with van der Waals surface area (Å²) in [5, 5.41) is 14.8. The van der Waals surface area contributed by atoms with E-state index in [0.29, 0.717) is 18.3 Å². The summed E-state index contributed by atoms with van der Waals surface area (Å²) in [6.07, 6.45) is 3.18. The lowest BCUT2D eigenvalue weighted by Crippen LogP contribution is -2.65. The van der Waals surface area contributed by atoms with Crippen molar-refractivity contribution in [3.05, 3.63) is 46.1 Å². The molecule has 1 N–H and O–H groups in total. The molecule has 5 nitrogen and oxygen atoms in total. The van der Waals surface area contributed by atoms with Crippen molar-refractivity contribution in [3.63, 3.8) is 0 Å². The Morgan fingerprint density at radius 3 is 2.38 bits per heavy atom. The van der Waals surface area contributed by atoms with Gasteiger partial charge < -0.3 is 10.0 Å². The molecule has 6 heteroatoms. The van der Waals surface area contributed by atoms with E-state index >= 15 is 0 Å². The van der Waals surface area contributed by atoms with Gasteiger partial charge in [-0.2, -0.15) is 0 Å². The number of rotatable bonds is 6. The average molecular weight is 547 g/mol. The predicted molar refractivity (Wildman–Crippen MR) is 165 cm³/mol. The number of fused-ring (bicyclic) bond motifs is 4. The van der Waals surface area contributed by atoms with Gasteiger partial charge in [-0.05, 0) is 106 Å². The molecule has 0 aromatic heterocycles. The van der Waals surface area contributed by atoms with Gasteiger partial charge in [0.05, 0.1) is 11.0 Å². The molecule has 0 amide bonds. The lowest BCUT2D eigenvalue weighted by atomic mass is 9.80. The molecule has 0 bridgehead atoms. The summed E-state index contributed by atoms with van der Waals surface area (Å²) in [6, 6.07) is 10.7. The molecular weight excluding hydrogens is 498 g/mol. The van der Waals surface area contributed by atoms with E-state index in [2.05, 4.69) is 95.7 Å². The van der Waals surface area contributed by atoms with Crippen molar-refractivity contribution < 1.29 is 9.90 Å². The molecule has 210 valence electrons. The molecule has 3 aliphatic rings. The van der Waals surface area contributed by atoms with Gasteiger partial charge in [0.15, 0.2) is 5.54 Å². The van der Waals surface area contributed by atoms with Gasteiger partial charge in [-0.15, -0.1) is 0 Å². The Labute approximate surface area is 235 Å². The topological polar surface area (TPSA) is 55.9 Å². The number of carboxylic acid groups (broad SMARTS) is 1. The van der Waals surface area contributed by atoms with Gasteiger partial charge in [0.2, 0.25) is 5.36 Å². The smallest absolute Gasteiger partial charge is 0.303 e. The maximum absolute atomic E-state index is 11.6. The second-order valence-corrected chi connectivity index (χ2v) is 18.1. The van der Waals surface area contributed by atoms with E-state index < -0.39 is 14.0 Å². The molecule has 3 atom stereocenters. The third-order valence-corrected chi connectivity index (χ3v) is 14.7. The Kier molecular flexibility index (Phi) is 6.89. The third-order valence-electron chi connectivity index (χ3n) is 10.1. The number of benzene rings is 2. The average Bonchev–Trinajstić information content (AvgIpc) is 2.82. The number of aliphatic carboxylic acids is 1. The summed E-state index contributed by atoms with van der Waals surface area (Å²) in [6.45, 7) is 23.1. The van der Waals surface area contributed by atoms with E-state index in [1.807, 2.05) is 0 Å². The minimum absolute atomic E-state index is 0.100. The summed E-state index contributed by atoms with van der Waals surface area (Å²) < 4.78 is 2.58. The molecule has 0 spiro atoms. The standard InChI is InChI=1S/C33H47N3O2Si/c1-10-35-27-17-29-25(15-23(27)21(3)19-32(35,5)6)34-26-16-24-22(4)20-33(7,8)36(11-2)28(24)18-30(26)39(29,9)14-12-13-31(37)38/h15-18,21-22H,10-14,19-20H2,1-9H3/p+1. The fourth-order valence-electron chi connectivity index (χ4n) is 8.44. The zero-order valence-electron chi connectivity index (χ0n) is 25.6. The molecule has 0 saturated carbocycles. The van der Waals surface area contributed by atoms with Gasteiger partial charge in [-0.25, -0.2) is 9.57 Å². The van der Waals surface area contributed by atoms with Gasteiger partial charge >= 0.3 is 5.97 Å². The molecule has 3 heterocycles. The van der Waals surface area contributed by atoms with Crippen LogP contribution in [0.15, 0.2) is 29.3 Å². The fourth-order valence-corrected chi connectivity index (χ4v) is 12.4. The maximum atomic E-state index is 11.6. The highest BCUT2D eigenvalue weighted by Gasteiger charge is 2.44. The highest BCUT2D eigenvalue weighted by Crippen LogP contribution is 2.45. The van der Waals surface area contributed by atoms with Crippen LogP contribution >= 0.6 is 0 Å². The number of carboxylic acids is 1. The van der Waals surface area contributed by atoms with Crippen LogP contribution in [0.4, 0.5) is 11.4 Å². The van der Waals surface area contributed by atoms with E-state index in [0.717, 1.165) is 43.0 Å². The van der Waals surface area contributed by atoms with Gasteiger partial charge in [0.1, 0.15) is 14.6 Å². The van der Waals surface area contributed by atoms with Crippen LogP contribution in [0.5, 0.6) is 0 Å². The van der Waals surface area contributed by atoms with Crippen LogP contribution < -0.4 is 30.6 Å². The molecular formula is C33H48N3O2Si+. The molecule has 39 heavy (non-hydrogen) atoms. The van der Waals surface area contributed by atoms with Crippen LogP contribution in [0.2, 0.25) is 12.6 Å². The van der Waals surface area contributed by atoms with Crippen molar-refractivity contribution in [1.82, 2.24) is 4.58 Å². The third kappa shape index (κ3) is 4.47. The summed E-state index contributed by atoms with van der Waals surface area (Å²) >= 11 is 0. The van der Waals surface area contributed by atoms with E-state index in [1.54, 1.807) is 0 Å². The maximum Gasteiger partial charge on any atom is 0.303 e. The molecule has 5 rings (SSSR count). The number of nitrogens with zero attached hydrogens (tertiary/aromatic N) is 3. The Morgan fingerprint density at radius 1 is 1.05 bits per heavy atom. The van der Waals surface area contributed by atoms with Crippen molar-refractivity contribution in [2.45, 2.75) is 117 Å². The number of hydrogen-bond acceptors (Lipinski definition) is 3. The normalized spacial score (nSPS) is 26.2. The minimum atomic E-state index is -2.30. The van der Waals surface area contributed by atoms with Crippen LogP contribution in [0.1, 0.15) is 104 Å². The van der Waals surface area contributed by atoms with Crippen molar-refractivity contribution in [1.29, 1.82) is 0 Å². The zero-order valence-corrected chi connectivity index (χ0v) is 26.6. The first-order valence-corrected chi connectivity index (χ1v) is 17.8. The first kappa shape index (κ1) is 28.1. The first-order chi connectivity index (χ1) is 18.2. The summed E-state index contributed by atoms with van der Waals surface area (Å²) in [5.74, 6) is 0.247. The molecule has 0 saturated heterocycles. The molecule has 2 aromatic rings. The Balaban J connectivity index is 1.82. The number of hydrogen-bond donors (Lipinski definition) is 1. The zero-order chi connectivity index (χ0) is 28.5. The lowest BCUT2D eigenvalue weighted by Gasteiger charge is -2.48. The molecule has 3 unspecified atom stereocenters. The van der Waals surface area contributed by atoms with Crippen LogP contribution in [-0.2, 0) is 4.79 Å². The second-order valence-electron chi connectivity index (χ2n) is 13.9.